The summed E-state index contributed by atoms with van der Waals surface area (Å²) >= 11 is 0. The smallest absolute Gasteiger partial charge is 0.182 e. The number of hydrogen-bond donors (Lipinski definition) is 2. The third-order valence-corrected chi connectivity index (χ3v) is 1.30. The van der Waals surface area contributed by atoms with Gasteiger partial charge in [0, 0.05) is 6.42 Å². The summed E-state index contributed by atoms with van der Waals surface area (Å²) < 4.78 is 0. The summed E-state index contributed by atoms with van der Waals surface area (Å²) in [6, 6.07) is 0. The molecule has 0 aliphatic heterocycles. The molecule has 46 valence electrons. The molecule has 0 atom stereocenters. The van der Waals surface area contributed by atoms with Crippen LogP contribution >= 0.6 is 0 Å². The second-order valence-electron chi connectivity index (χ2n) is 2.17. The minimum Gasteiger partial charge on any atom is -0.362 e. The maximum Gasteiger partial charge on any atom is 0.182 e. The molecule has 0 heterocycles. The van der Waals surface area contributed by atoms with Crippen LogP contribution in [0.25, 0.3) is 0 Å². The Kier molecular flexibility index (Phi) is 1.36. The molecule has 2 N–H and O–H groups in total. The van der Waals surface area contributed by atoms with Crippen molar-refractivity contribution in [2.24, 2.45) is 0 Å². The predicted molar refractivity (Wildman–Crippen MR) is 30.2 cm³/mol. The van der Waals surface area contributed by atoms with Crippen LogP contribution in [0.1, 0.15) is 19.3 Å². The van der Waals surface area contributed by atoms with E-state index in [2.05, 4.69) is 0 Å². The van der Waals surface area contributed by atoms with Crippen LogP contribution in [0.4, 0.5) is 0 Å². The average Bonchev–Trinajstić information content (AvgIpc) is 1.65. The van der Waals surface area contributed by atoms with Gasteiger partial charge in [0.15, 0.2) is 5.79 Å². The van der Waals surface area contributed by atoms with Crippen LogP contribution in [0, 0.1) is 0 Å². The van der Waals surface area contributed by atoms with E-state index in [4.69, 9.17) is 10.2 Å². The first-order valence-electron chi connectivity index (χ1n) is 2.83. The molecule has 0 amide bonds. The highest BCUT2D eigenvalue weighted by Gasteiger charge is 2.19. The summed E-state index contributed by atoms with van der Waals surface area (Å²) in [7, 11) is 0. The Morgan fingerprint density at radius 3 is 2.38 bits per heavy atom. The van der Waals surface area contributed by atoms with E-state index in [-0.39, 0.29) is 0 Å². The maximum absolute atomic E-state index is 8.84. The fourth-order valence-corrected chi connectivity index (χ4v) is 0.835. The lowest BCUT2D eigenvalue weighted by atomic mass is 10.0. The molecular weight excluding hydrogens is 104 g/mol. The van der Waals surface area contributed by atoms with Crippen molar-refractivity contribution in [1.29, 1.82) is 0 Å². The van der Waals surface area contributed by atoms with E-state index in [0.29, 0.717) is 6.42 Å². The van der Waals surface area contributed by atoms with Crippen molar-refractivity contribution in [2.75, 3.05) is 0 Å². The highest BCUT2D eigenvalue weighted by atomic mass is 16.5. The molecule has 8 heavy (non-hydrogen) atoms. The Labute approximate surface area is 48.5 Å². The summed E-state index contributed by atoms with van der Waals surface area (Å²) in [5.74, 6) is -1.50. The number of rotatable bonds is 0. The average molecular weight is 114 g/mol. The van der Waals surface area contributed by atoms with E-state index in [1.165, 1.54) is 6.08 Å². The quantitative estimate of drug-likeness (QED) is 0.353. The van der Waals surface area contributed by atoms with Gasteiger partial charge in [-0.25, -0.2) is 0 Å². The van der Waals surface area contributed by atoms with Crippen molar-refractivity contribution in [1.82, 2.24) is 0 Å². The minimum atomic E-state index is -1.50. The van der Waals surface area contributed by atoms with Crippen LogP contribution < -0.4 is 0 Å². The largest absolute Gasteiger partial charge is 0.362 e. The van der Waals surface area contributed by atoms with Crippen LogP contribution in [0.3, 0.4) is 0 Å². The molecule has 1 aliphatic rings. The zero-order valence-corrected chi connectivity index (χ0v) is 4.67. The molecule has 0 unspecified atom stereocenters. The molecule has 2 heteroatoms. The van der Waals surface area contributed by atoms with Gasteiger partial charge >= 0.3 is 0 Å². The number of allylic oxidation sites excluding steroid dienone is 1. The van der Waals surface area contributed by atoms with Crippen LogP contribution in [0.2, 0.25) is 0 Å². The molecule has 0 radical (unpaired) electrons. The zero-order chi connectivity index (χ0) is 6.04. The predicted octanol–water partition coefficient (Wildman–Crippen LogP) is 0.407. The molecule has 0 aromatic rings. The lowest BCUT2D eigenvalue weighted by Gasteiger charge is -2.19. The van der Waals surface area contributed by atoms with Gasteiger partial charge in [0.1, 0.15) is 0 Å². The zero-order valence-electron chi connectivity index (χ0n) is 4.67. The van der Waals surface area contributed by atoms with Gasteiger partial charge in [-0.2, -0.15) is 0 Å². The van der Waals surface area contributed by atoms with E-state index in [9.17, 15) is 0 Å². The van der Waals surface area contributed by atoms with Crippen molar-refractivity contribution in [2.45, 2.75) is 25.0 Å². The Hall–Kier alpha value is -0.340. The SMILES string of the molecule is OC1(O)C=CCCC1. The second-order valence-corrected chi connectivity index (χ2v) is 2.17. The molecule has 1 aliphatic carbocycles. The van der Waals surface area contributed by atoms with Gasteiger partial charge in [-0.3, -0.25) is 0 Å². The maximum atomic E-state index is 8.84. The van der Waals surface area contributed by atoms with Gasteiger partial charge in [0.25, 0.3) is 0 Å². The summed E-state index contributed by atoms with van der Waals surface area (Å²) in [6.45, 7) is 0. The standard InChI is InChI=1S/C6H10O2/c7-6(8)4-2-1-3-5-6/h2,4,7-8H,1,3,5H2. The molecule has 0 spiro atoms. The van der Waals surface area contributed by atoms with Gasteiger partial charge in [0.05, 0.1) is 0 Å². The van der Waals surface area contributed by atoms with Crippen molar-refractivity contribution in [3.8, 4) is 0 Å². The van der Waals surface area contributed by atoms with Crippen molar-refractivity contribution in [3.63, 3.8) is 0 Å². The molecule has 1 rings (SSSR count). The second kappa shape index (κ2) is 1.88. The van der Waals surface area contributed by atoms with Crippen molar-refractivity contribution < 1.29 is 10.2 Å². The molecular formula is C6H10O2. The summed E-state index contributed by atoms with van der Waals surface area (Å²) in [5, 5.41) is 17.7. The lowest BCUT2D eigenvalue weighted by Crippen LogP contribution is -2.26. The van der Waals surface area contributed by atoms with Gasteiger partial charge in [-0.1, -0.05) is 6.08 Å². The first kappa shape index (κ1) is 5.79. The lowest BCUT2D eigenvalue weighted by molar-refractivity contribution is -0.126. The Bertz CT molecular complexity index is 105. The molecule has 2 nitrogen and oxygen atoms in total. The van der Waals surface area contributed by atoms with Gasteiger partial charge in [-0.05, 0) is 18.9 Å². The van der Waals surface area contributed by atoms with Crippen LogP contribution in [-0.4, -0.2) is 16.0 Å². The highest BCUT2D eigenvalue weighted by Crippen LogP contribution is 2.17. The van der Waals surface area contributed by atoms with E-state index < -0.39 is 5.79 Å². The fraction of sp³-hybridized carbons (Fsp3) is 0.667. The van der Waals surface area contributed by atoms with Crippen molar-refractivity contribution >= 4 is 0 Å². The molecule has 0 fully saturated rings. The Balaban J connectivity index is 2.56. The normalized spacial score (nSPS) is 25.8. The Morgan fingerprint density at radius 2 is 2.12 bits per heavy atom. The van der Waals surface area contributed by atoms with Crippen LogP contribution in [0.15, 0.2) is 12.2 Å². The van der Waals surface area contributed by atoms with Crippen LogP contribution in [-0.2, 0) is 0 Å². The summed E-state index contributed by atoms with van der Waals surface area (Å²) in [5.41, 5.74) is 0. The first-order valence-corrected chi connectivity index (χ1v) is 2.83. The van der Waals surface area contributed by atoms with Crippen LogP contribution in [0.5, 0.6) is 0 Å². The van der Waals surface area contributed by atoms with E-state index >= 15 is 0 Å². The van der Waals surface area contributed by atoms with E-state index in [1.54, 1.807) is 6.08 Å². The van der Waals surface area contributed by atoms with E-state index in [0.717, 1.165) is 12.8 Å². The highest BCUT2D eigenvalue weighted by molar-refractivity contribution is 4.97. The molecule has 0 aromatic heterocycles. The van der Waals surface area contributed by atoms with Gasteiger partial charge < -0.3 is 10.2 Å². The first-order chi connectivity index (χ1) is 3.71. The molecule has 0 saturated heterocycles. The summed E-state index contributed by atoms with van der Waals surface area (Å²) in [4.78, 5) is 0. The topological polar surface area (TPSA) is 40.5 Å². The van der Waals surface area contributed by atoms with Gasteiger partial charge in [-0.15, -0.1) is 0 Å². The van der Waals surface area contributed by atoms with Gasteiger partial charge in [0.2, 0.25) is 0 Å². The minimum absolute atomic E-state index is 0.476. The number of aliphatic hydroxyl groups is 2. The van der Waals surface area contributed by atoms with E-state index in [1.807, 2.05) is 0 Å². The molecule has 0 aromatic carbocycles. The molecule has 0 saturated carbocycles. The fourth-order valence-electron chi connectivity index (χ4n) is 0.835. The third kappa shape index (κ3) is 1.32. The Morgan fingerprint density at radius 1 is 1.38 bits per heavy atom. The van der Waals surface area contributed by atoms with Crippen molar-refractivity contribution in [3.05, 3.63) is 12.2 Å². The summed E-state index contributed by atoms with van der Waals surface area (Å²) in [6.07, 6.45) is 5.57. The number of hydrogen-bond acceptors (Lipinski definition) is 2. The monoisotopic (exact) mass is 114 g/mol. The molecule has 0 bridgehead atoms. The third-order valence-electron chi connectivity index (χ3n) is 1.30.